The smallest absolute Gasteiger partial charge is 0.396 e. The lowest BCUT2D eigenvalue weighted by Gasteiger charge is -2.26. The fraction of sp³-hybridized carbons (Fsp3) is 0.300. The van der Waals surface area contributed by atoms with Crippen LogP contribution in [0.4, 0.5) is 13.2 Å². The van der Waals surface area contributed by atoms with Crippen molar-refractivity contribution < 1.29 is 27.8 Å². The number of fused-ring (bicyclic) bond motifs is 1. The van der Waals surface area contributed by atoms with Crippen LogP contribution in [0.1, 0.15) is 17.9 Å². The van der Waals surface area contributed by atoms with E-state index in [2.05, 4.69) is 4.74 Å². The molecule has 0 fully saturated rings. The number of carbonyl (C=O) groups is 1. The third-order valence-corrected chi connectivity index (χ3v) is 2.36. The van der Waals surface area contributed by atoms with E-state index in [0.717, 1.165) is 18.2 Å². The van der Waals surface area contributed by atoms with Crippen LogP contribution in [0, 0.1) is 0 Å². The molecule has 1 aliphatic heterocycles. The van der Waals surface area contributed by atoms with Crippen LogP contribution in [-0.2, 0) is 4.79 Å². The number of hydrogen-bond acceptors (Lipinski definition) is 3. The summed E-state index contributed by atoms with van der Waals surface area (Å²) in [7, 11) is 0. The predicted octanol–water partition coefficient (Wildman–Crippen LogP) is 2.35. The average molecular weight is 232 g/mol. The molecule has 0 amide bonds. The number of phenolic OH excluding ortho intramolecular Hbond substituents is 1. The van der Waals surface area contributed by atoms with Crippen LogP contribution in [0.2, 0.25) is 0 Å². The number of carbonyl (C=O) groups excluding carboxylic acids is 1. The molecule has 1 aromatic carbocycles. The van der Waals surface area contributed by atoms with Gasteiger partial charge in [-0.2, -0.15) is 13.2 Å². The van der Waals surface area contributed by atoms with Gasteiger partial charge >= 0.3 is 12.1 Å². The molecule has 1 atom stereocenters. The highest BCUT2D eigenvalue weighted by Gasteiger charge is 2.46. The Morgan fingerprint density at radius 1 is 1.38 bits per heavy atom. The van der Waals surface area contributed by atoms with E-state index < -0.39 is 24.5 Å². The van der Waals surface area contributed by atoms with Crippen molar-refractivity contribution in [1.82, 2.24) is 0 Å². The number of rotatable bonds is 0. The van der Waals surface area contributed by atoms with Gasteiger partial charge in [0.05, 0.1) is 12.3 Å². The number of esters is 1. The molecule has 1 heterocycles. The van der Waals surface area contributed by atoms with E-state index in [-0.39, 0.29) is 17.1 Å². The molecule has 16 heavy (non-hydrogen) atoms. The Hall–Kier alpha value is -1.72. The van der Waals surface area contributed by atoms with Gasteiger partial charge in [-0.15, -0.1) is 0 Å². The first-order chi connectivity index (χ1) is 7.38. The lowest BCUT2D eigenvalue weighted by atomic mass is 9.92. The van der Waals surface area contributed by atoms with Gasteiger partial charge in [0.25, 0.3) is 0 Å². The molecule has 1 aromatic rings. The van der Waals surface area contributed by atoms with Crippen LogP contribution >= 0.6 is 0 Å². The third-order valence-electron chi connectivity index (χ3n) is 2.36. The summed E-state index contributed by atoms with van der Waals surface area (Å²) in [5.74, 6) is -3.27. The van der Waals surface area contributed by atoms with Gasteiger partial charge in [0.2, 0.25) is 0 Å². The van der Waals surface area contributed by atoms with Gasteiger partial charge in [-0.1, -0.05) is 6.07 Å². The van der Waals surface area contributed by atoms with Crippen molar-refractivity contribution in [1.29, 1.82) is 0 Å². The summed E-state index contributed by atoms with van der Waals surface area (Å²) >= 11 is 0. The summed E-state index contributed by atoms with van der Waals surface area (Å²) in [4.78, 5) is 11.0. The molecule has 2 rings (SSSR count). The summed E-state index contributed by atoms with van der Waals surface area (Å²) in [6, 6.07) is 3.26. The highest BCUT2D eigenvalue weighted by molar-refractivity contribution is 5.77. The number of hydrogen-bond donors (Lipinski definition) is 1. The highest BCUT2D eigenvalue weighted by atomic mass is 19.4. The lowest BCUT2D eigenvalue weighted by Crippen LogP contribution is -2.29. The maximum Gasteiger partial charge on any atom is 0.396 e. The van der Waals surface area contributed by atoms with Gasteiger partial charge in [-0.3, -0.25) is 4.79 Å². The number of alkyl halides is 3. The van der Waals surface area contributed by atoms with E-state index in [1.54, 1.807) is 0 Å². The lowest BCUT2D eigenvalue weighted by molar-refractivity contribution is -0.165. The second-order valence-corrected chi connectivity index (χ2v) is 3.49. The molecule has 3 nitrogen and oxygen atoms in total. The first-order valence-corrected chi connectivity index (χ1v) is 4.48. The third kappa shape index (κ3) is 1.82. The number of benzene rings is 1. The molecule has 0 spiro atoms. The van der Waals surface area contributed by atoms with Crippen LogP contribution in [0.5, 0.6) is 11.5 Å². The number of aromatic hydroxyl groups is 1. The molecule has 1 unspecified atom stereocenters. The maximum atomic E-state index is 12.6. The number of halogens is 3. The quantitative estimate of drug-likeness (QED) is 0.551. The van der Waals surface area contributed by atoms with Crippen LogP contribution in [0.25, 0.3) is 0 Å². The topological polar surface area (TPSA) is 46.5 Å². The maximum absolute atomic E-state index is 12.6. The molecule has 0 bridgehead atoms. The van der Waals surface area contributed by atoms with Crippen LogP contribution in [0.3, 0.4) is 0 Å². The monoisotopic (exact) mass is 232 g/mol. The van der Waals surface area contributed by atoms with Crippen molar-refractivity contribution in [3.8, 4) is 11.5 Å². The largest absolute Gasteiger partial charge is 0.508 e. The molecule has 86 valence electrons. The minimum absolute atomic E-state index is 0.120. The molecule has 0 aromatic heterocycles. The molecule has 0 radical (unpaired) electrons. The Bertz CT molecular complexity index is 439. The second kappa shape index (κ2) is 3.40. The fourth-order valence-electron chi connectivity index (χ4n) is 1.63. The molecule has 0 saturated heterocycles. The number of ether oxygens (including phenoxy) is 1. The van der Waals surface area contributed by atoms with E-state index in [4.69, 9.17) is 5.11 Å². The average Bonchev–Trinajstić information content (AvgIpc) is 2.14. The highest BCUT2D eigenvalue weighted by Crippen LogP contribution is 2.45. The zero-order valence-corrected chi connectivity index (χ0v) is 7.91. The molecule has 0 aliphatic carbocycles. The van der Waals surface area contributed by atoms with Gasteiger partial charge in [0, 0.05) is 11.6 Å². The molecule has 0 saturated carbocycles. The van der Waals surface area contributed by atoms with Crippen molar-refractivity contribution in [2.24, 2.45) is 0 Å². The summed E-state index contributed by atoms with van der Waals surface area (Å²) in [6.07, 6.45) is -5.22. The van der Waals surface area contributed by atoms with Crippen LogP contribution in [0.15, 0.2) is 18.2 Å². The Morgan fingerprint density at radius 3 is 2.69 bits per heavy atom. The SMILES string of the molecule is O=C1CC(C(F)(F)F)c2ccc(O)cc2O1. The van der Waals surface area contributed by atoms with Gasteiger partial charge in [0.1, 0.15) is 11.5 Å². The Labute approximate surface area is 88.5 Å². The van der Waals surface area contributed by atoms with Crippen molar-refractivity contribution in [3.63, 3.8) is 0 Å². The Morgan fingerprint density at radius 2 is 2.06 bits per heavy atom. The fourth-order valence-corrected chi connectivity index (χ4v) is 1.63. The van der Waals surface area contributed by atoms with Gasteiger partial charge in [-0.25, -0.2) is 0 Å². The van der Waals surface area contributed by atoms with Crippen molar-refractivity contribution in [2.45, 2.75) is 18.5 Å². The first kappa shape index (κ1) is 10.8. The normalized spacial score (nSPS) is 20.2. The van der Waals surface area contributed by atoms with Crippen molar-refractivity contribution in [3.05, 3.63) is 23.8 Å². The second-order valence-electron chi connectivity index (χ2n) is 3.49. The number of phenols is 1. The van der Waals surface area contributed by atoms with E-state index in [1.807, 2.05) is 0 Å². The Kier molecular flexibility index (Phi) is 2.29. The molecule has 1 N–H and O–H groups in total. The van der Waals surface area contributed by atoms with Gasteiger partial charge in [0.15, 0.2) is 0 Å². The Balaban J connectivity index is 2.50. The van der Waals surface area contributed by atoms with E-state index >= 15 is 0 Å². The van der Waals surface area contributed by atoms with Crippen LogP contribution < -0.4 is 4.74 Å². The standard InChI is InChI=1S/C10H7F3O3/c11-10(12,13)7-4-9(15)16-8-3-5(14)1-2-6(7)8/h1-3,7,14H,4H2. The van der Waals surface area contributed by atoms with E-state index in [1.165, 1.54) is 0 Å². The van der Waals surface area contributed by atoms with E-state index in [9.17, 15) is 18.0 Å². The first-order valence-electron chi connectivity index (χ1n) is 4.48. The van der Waals surface area contributed by atoms with Crippen LogP contribution in [-0.4, -0.2) is 17.3 Å². The summed E-state index contributed by atoms with van der Waals surface area (Å²) in [6.45, 7) is 0. The van der Waals surface area contributed by atoms with E-state index in [0.29, 0.717) is 0 Å². The molecule has 1 aliphatic rings. The predicted molar refractivity (Wildman–Crippen MR) is 47.2 cm³/mol. The zero-order valence-electron chi connectivity index (χ0n) is 7.91. The molecular weight excluding hydrogens is 225 g/mol. The summed E-state index contributed by atoms with van der Waals surface area (Å²) in [5, 5.41) is 9.09. The molecular formula is C10H7F3O3. The van der Waals surface area contributed by atoms with Gasteiger partial charge in [-0.05, 0) is 6.07 Å². The minimum atomic E-state index is -4.49. The van der Waals surface area contributed by atoms with Crippen molar-refractivity contribution in [2.75, 3.05) is 0 Å². The molecule has 6 heteroatoms. The summed E-state index contributed by atoms with van der Waals surface area (Å²) < 4.78 is 42.5. The van der Waals surface area contributed by atoms with Crippen molar-refractivity contribution >= 4 is 5.97 Å². The summed E-state index contributed by atoms with van der Waals surface area (Å²) in [5.41, 5.74) is -0.120. The minimum Gasteiger partial charge on any atom is -0.508 e. The van der Waals surface area contributed by atoms with Gasteiger partial charge < -0.3 is 9.84 Å². The zero-order chi connectivity index (χ0) is 11.9.